The Morgan fingerprint density at radius 3 is 2.57 bits per heavy atom. The molecule has 0 saturated heterocycles. The number of carboxylic acids is 1. The molecule has 0 saturated carbocycles. The topological polar surface area (TPSA) is 107 Å². The average Bonchev–Trinajstić information content (AvgIpc) is 2.98. The number of anilines is 1. The van der Waals surface area contributed by atoms with E-state index in [1.807, 2.05) is 30.3 Å². The average molecular weight is 281 g/mol. The summed E-state index contributed by atoms with van der Waals surface area (Å²) >= 11 is 0. The van der Waals surface area contributed by atoms with Crippen molar-refractivity contribution in [1.29, 1.82) is 0 Å². The molecule has 3 rings (SSSR count). The highest BCUT2D eigenvalue weighted by molar-refractivity contribution is 5.95. The molecule has 0 amide bonds. The Kier molecular flexibility index (Phi) is 3.07. The van der Waals surface area contributed by atoms with Crippen molar-refractivity contribution in [2.45, 2.75) is 0 Å². The van der Waals surface area contributed by atoms with Crippen LogP contribution in [0.25, 0.3) is 17.1 Å². The number of nitrogen functional groups attached to an aromatic ring is 1. The van der Waals surface area contributed by atoms with Gasteiger partial charge in [-0.25, -0.2) is 4.79 Å². The van der Waals surface area contributed by atoms with Crippen LogP contribution in [0, 0.1) is 0 Å². The van der Waals surface area contributed by atoms with Crippen molar-refractivity contribution in [2.75, 3.05) is 5.73 Å². The number of aromatic nitrogens is 4. The minimum absolute atomic E-state index is 0.00561. The highest BCUT2D eigenvalue weighted by atomic mass is 16.4. The Bertz CT molecular complexity index is 798. The molecule has 0 unspecified atom stereocenters. The standard InChI is InChI=1S/C14H11N5O2/c15-12-10(14(20)21)7-4-8-11(12)19-17-13(16-18-19)9-5-2-1-3-6-9/h1-8H,15H2,(H,20,21). The van der Waals surface area contributed by atoms with Crippen LogP contribution in [0.1, 0.15) is 10.4 Å². The summed E-state index contributed by atoms with van der Waals surface area (Å²) in [6.07, 6.45) is 0. The Morgan fingerprint density at radius 2 is 1.86 bits per heavy atom. The van der Waals surface area contributed by atoms with E-state index in [1.54, 1.807) is 12.1 Å². The molecule has 0 aliphatic heterocycles. The van der Waals surface area contributed by atoms with Crippen LogP contribution in [-0.4, -0.2) is 31.3 Å². The second-order valence-electron chi connectivity index (χ2n) is 4.31. The van der Waals surface area contributed by atoms with Gasteiger partial charge in [-0.05, 0) is 17.3 Å². The second kappa shape index (κ2) is 5.04. The molecule has 7 heteroatoms. The largest absolute Gasteiger partial charge is 0.478 e. The maximum atomic E-state index is 11.1. The van der Waals surface area contributed by atoms with Crippen LogP contribution < -0.4 is 5.73 Å². The third-order valence-corrected chi connectivity index (χ3v) is 2.97. The molecule has 0 aliphatic rings. The normalized spacial score (nSPS) is 10.5. The molecule has 1 heterocycles. The number of tetrazole rings is 1. The third-order valence-electron chi connectivity index (χ3n) is 2.97. The fourth-order valence-electron chi connectivity index (χ4n) is 1.93. The molecule has 0 aliphatic carbocycles. The first-order chi connectivity index (χ1) is 10.2. The molecule has 2 aromatic carbocycles. The van der Waals surface area contributed by atoms with E-state index in [9.17, 15) is 4.79 Å². The van der Waals surface area contributed by atoms with Gasteiger partial charge in [0.2, 0.25) is 5.82 Å². The summed E-state index contributed by atoms with van der Waals surface area (Å²) in [5.74, 6) is -0.659. The van der Waals surface area contributed by atoms with E-state index >= 15 is 0 Å². The SMILES string of the molecule is Nc1c(C(=O)O)cccc1-n1nnc(-c2ccccc2)n1. The van der Waals surface area contributed by atoms with E-state index in [4.69, 9.17) is 10.8 Å². The number of aromatic carboxylic acids is 1. The summed E-state index contributed by atoms with van der Waals surface area (Å²) in [4.78, 5) is 12.3. The molecule has 104 valence electrons. The van der Waals surface area contributed by atoms with Crippen LogP contribution >= 0.6 is 0 Å². The van der Waals surface area contributed by atoms with E-state index in [2.05, 4.69) is 15.4 Å². The number of carbonyl (C=O) groups is 1. The summed E-state index contributed by atoms with van der Waals surface area (Å²) in [5.41, 5.74) is 7.16. The van der Waals surface area contributed by atoms with Crippen LogP contribution in [-0.2, 0) is 0 Å². The quantitative estimate of drug-likeness (QED) is 0.706. The van der Waals surface area contributed by atoms with Gasteiger partial charge in [-0.2, -0.15) is 0 Å². The molecule has 3 N–H and O–H groups in total. The Hall–Kier alpha value is -3.22. The Labute approximate surface area is 119 Å². The first-order valence-electron chi connectivity index (χ1n) is 6.14. The van der Waals surface area contributed by atoms with E-state index in [-0.39, 0.29) is 11.3 Å². The number of rotatable bonds is 3. The molecule has 0 bridgehead atoms. The lowest BCUT2D eigenvalue weighted by atomic mass is 10.1. The predicted molar refractivity (Wildman–Crippen MR) is 76.0 cm³/mol. The van der Waals surface area contributed by atoms with Crippen molar-refractivity contribution in [2.24, 2.45) is 0 Å². The number of carboxylic acid groups (broad SMARTS) is 1. The summed E-state index contributed by atoms with van der Waals surface area (Å²) in [7, 11) is 0. The van der Waals surface area contributed by atoms with Gasteiger partial charge >= 0.3 is 5.97 Å². The monoisotopic (exact) mass is 281 g/mol. The maximum absolute atomic E-state index is 11.1. The van der Waals surface area contributed by atoms with Crippen molar-refractivity contribution >= 4 is 11.7 Å². The van der Waals surface area contributed by atoms with Crippen LogP contribution in [0.15, 0.2) is 48.5 Å². The molecule has 1 aromatic heterocycles. The van der Waals surface area contributed by atoms with E-state index in [1.165, 1.54) is 10.9 Å². The Morgan fingerprint density at radius 1 is 1.10 bits per heavy atom. The third kappa shape index (κ3) is 2.32. The van der Waals surface area contributed by atoms with Gasteiger partial charge in [-0.15, -0.1) is 15.0 Å². The lowest BCUT2D eigenvalue weighted by Gasteiger charge is -2.05. The Balaban J connectivity index is 2.05. The zero-order valence-electron chi connectivity index (χ0n) is 10.8. The first kappa shape index (κ1) is 12.8. The van der Waals surface area contributed by atoms with Crippen LogP contribution in [0.4, 0.5) is 5.69 Å². The smallest absolute Gasteiger partial charge is 0.337 e. The van der Waals surface area contributed by atoms with Crippen molar-refractivity contribution in [1.82, 2.24) is 20.2 Å². The first-order valence-corrected chi connectivity index (χ1v) is 6.14. The van der Waals surface area contributed by atoms with Gasteiger partial charge < -0.3 is 10.8 Å². The molecular weight excluding hydrogens is 270 g/mol. The summed E-state index contributed by atoms with van der Waals surface area (Å²) in [5, 5.41) is 21.2. The zero-order chi connectivity index (χ0) is 14.8. The fraction of sp³-hybridized carbons (Fsp3) is 0. The number of nitrogens with two attached hydrogens (primary N) is 1. The lowest BCUT2D eigenvalue weighted by molar-refractivity contribution is 0.0698. The lowest BCUT2D eigenvalue weighted by Crippen LogP contribution is -2.09. The summed E-state index contributed by atoms with van der Waals surface area (Å²) < 4.78 is 0. The number of hydrogen-bond acceptors (Lipinski definition) is 5. The van der Waals surface area contributed by atoms with Crippen molar-refractivity contribution < 1.29 is 9.90 Å². The second-order valence-corrected chi connectivity index (χ2v) is 4.31. The van der Waals surface area contributed by atoms with Crippen molar-refractivity contribution in [3.63, 3.8) is 0 Å². The summed E-state index contributed by atoms with van der Waals surface area (Å²) in [6.45, 7) is 0. The highest BCUT2D eigenvalue weighted by Gasteiger charge is 2.14. The number of hydrogen-bond donors (Lipinski definition) is 2. The summed E-state index contributed by atoms with van der Waals surface area (Å²) in [6, 6.07) is 14.0. The molecule has 3 aromatic rings. The molecule has 21 heavy (non-hydrogen) atoms. The molecule has 7 nitrogen and oxygen atoms in total. The fourth-order valence-corrected chi connectivity index (χ4v) is 1.93. The van der Waals surface area contributed by atoms with Gasteiger partial charge in [-0.3, -0.25) is 0 Å². The molecule has 0 spiro atoms. The van der Waals surface area contributed by atoms with Crippen LogP contribution in [0.2, 0.25) is 0 Å². The van der Waals surface area contributed by atoms with Crippen molar-refractivity contribution in [3.05, 3.63) is 54.1 Å². The van der Waals surface area contributed by atoms with Gasteiger partial charge in [0.1, 0.15) is 5.69 Å². The minimum atomic E-state index is -1.10. The van der Waals surface area contributed by atoms with Crippen LogP contribution in [0.3, 0.4) is 0 Å². The number of para-hydroxylation sites is 1. The molecule has 0 radical (unpaired) electrons. The van der Waals surface area contributed by atoms with E-state index in [0.717, 1.165) is 5.56 Å². The van der Waals surface area contributed by atoms with Gasteiger partial charge in [0.25, 0.3) is 0 Å². The van der Waals surface area contributed by atoms with Gasteiger partial charge in [0, 0.05) is 5.56 Å². The van der Waals surface area contributed by atoms with Gasteiger partial charge in [0.05, 0.1) is 11.3 Å². The minimum Gasteiger partial charge on any atom is -0.478 e. The molecule has 0 fully saturated rings. The van der Waals surface area contributed by atoms with Crippen LogP contribution in [0.5, 0.6) is 0 Å². The van der Waals surface area contributed by atoms with Crippen molar-refractivity contribution in [3.8, 4) is 17.1 Å². The highest BCUT2D eigenvalue weighted by Crippen LogP contribution is 2.21. The predicted octanol–water partition coefficient (Wildman–Crippen LogP) is 1.61. The van der Waals surface area contributed by atoms with Gasteiger partial charge in [0.15, 0.2) is 0 Å². The number of nitrogens with zero attached hydrogens (tertiary/aromatic N) is 4. The van der Waals surface area contributed by atoms with E-state index < -0.39 is 5.97 Å². The molecular formula is C14H11N5O2. The maximum Gasteiger partial charge on any atom is 0.337 e. The number of benzene rings is 2. The van der Waals surface area contributed by atoms with Gasteiger partial charge in [-0.1, -0.05) is 36.4 Å². The molecule has 0 atom stereocenters. The van der Waals surface area contributed by atoms with E-state index in [0.29, 0.717) is 11.5 Å². The zero-order valence-corrected chi connectivity index (χ0v) is 10.8.